The zero-order chi connectivity index (χ0) is 14.4. The fraction of sp³-hybridized carbons (Fsp3) is 0.385. The van der Waals surface area contributed by atoms with E-state index in [0.29, 0.717) is 23.7 Å². The first kappa shape index (κ1) is 16.2. The molecule has 0 aliphatic carbocycles. The molecule has 1 rings (SSSR count). The van der Waals surface area contributed by atoms with E-state index in [1.165, 1.54) is 0 Å². The van der Waals surface area contributed by atoms with Crippen LogP contribution in [0.5, 0.6) is 0 Å². The highest BCUT2D eigenvalue weighted by Gasteiger charge is 2.08. The van der Waals surface area contributed by atoms with E-state index >= 15 is 0 Å². The van der Waals surface area contributed by atoms with Crippen LogP contribution in [0.4, 0.5) is 0 Å². The van der Waals surface area contributed by atoms with E-state index in [1.54, 1.807) is 18.2 Å². The maximum absolute atomic E-state index is 11.8. The summed E-state index contributed by atoms with van der Waals surface area (Å²) in [6, 6.07) is 5.14. The minimum atomic E-state index is -0.197. The third-order valence-corrected chi connectivity index (χ3v) is 3.99. The largest absolute Gasteiger partial charge is 0.354 e. The van der Waals surface area contributed by atoms with Gasteiger partial charge in [0, 0.05) is 28.1 Å². The van der Waals surface area contributed by atoms with Crippen molar-refractivity contribution in [2.75, 3.05) is 13.1 Å². The summed E-state index contributed by atoms with van der Waals surface area (Å²) in [5.41, 5.74) is 0.514. The minimum Gasteiger partial charge on any atom is -0.354 e. The topological polar surface area (TPSA) is 58.2 Å². The van der Waals surface area contributed by atoms with Crippen molar-refractivity contribution in [1.29, 1.82) is 0 Å². The van der Waals surface area contributed by atoms with E-state index in [4.69, 9.17) is 11.6 Å². The van der Waals surface area contributed by atoms with Gasteiger partial charge in [-0.05, 0) is 40.8 Å². The third-order valence-electron chi connectivity index (χ3n) is 2.42. The smallest absolute Gasteiger partial charge is 0.251 e. The zero-order valence-corrected chi connectivity index (χ0v) is 13.7. The summed E-state index contributed by atoms with van der Waals surface area (Å²) < 4.78 is 0.903. The summed E-state index contributed by atoms with van der Waals surface area (Å²) >= 11 is 8.05. The lowest BCUT2D eigenvalue weighted by Gasteiger charge is -2.09. The monoisotopic (exact) mass is 394 g/mol. The second-order valence-electron chi connectivity index (χ2n) is 4.33. The first-order chi connectivity index (χ1) is 8.91. The fourth-order valence-electron chi connectivity index (χ4n) is 1.31. The Hall–Kier alpha value is -0.820. The quantitative estimate of drug-likeness (QED) is 0.595. The van der Waals surface area contributed by atoms with Crippen LogP contribution in [0, 0.1) is 9.49 Å². The number of carbonyl (C=O) groups is 2. The SMILES string of the molecule is CC(C)C(=O)NCCNC(=O)c1ccc(I)c(Cl)c1. The molecule has 19 heavy (non-hydrogen) atoms. The maximum Gasteiger partial charge on any atom is 0.251 e. The molecular weight excluding hydrogens is 379 g/mol. The van der Waals surface area contributed by atoms with Gasteiger partial charge in [-0.15, -0.1) is 0 Å². The second-order valence-corrected chi connectivity index (χ2v) is 5.90. The molecule has 0 atom stereocenters. The Morgan fingerprint density at radius 2 is 1.89 bits per heavy atom. The van der Waals surface area contributed by atoms with Crippen LogP contribution in [-0.4, -0.2) is 24.9 Å². The molecule has 0 aliphatic heterocycles. The van der Waals surface area contributed by atoms with Gasteiger partial charge >= 0.3 is 0 Å². The predicted octanol–water partition coefficient (Wildman–Crippen LogP) is 2.45. The second kappa shape index (κ2) is 7.69. The van der Waals surface area contributed by atoms with Gasteiger partial charge in [-0.3, -0.25) is 9.59 Å². The molecule has 6 heteroatoms. The highest BCUT2D eigenvalue weighted by atomic mass is 127. The molecule has 0 spiro atoms. The molecule has 0 bridgehead atoms. The van der Waals surface area contributed by atoms with Crippen molar-refractivity contribution in [2.24, 2.45) is 5.92 Å². The molecule has 0 heterocycles. The van der Waals surface area contributed by atoms with Gasteiger partial charge in [0.2, 0.25) is 5.91 Å². The molecular formula is C13H16ClIN2O2. The zero-order valence-electron chi connectivity index (χ0n) is 10.8. The predicted molar refractivity (Wildman–Crippen MR) is 84.3 cm³/mol. The minimum absolute atomic E-state index is 0.0217. The maximum atomic E-state index is 11.8. The Morgan fingerprint density at radius 1 is 1.26 bits per heavy atom. The molecule has 2 N–H and O–H groups in total. The first-order valence-corrected chi connectivity index (χ1v) is 7.38. The molecule has 104 valence electrons. The molecule has 1 aromatic carbocycles. The van der Waals surface area contributed by atoms with Gasteiger partial charge in [0.1, 0.15) is 0 Å². The van der Waals surface area contributed by atoms with Gasteiger partial charge in [-0.2, -0.15) is 0 Å². The van der Waals surface area contributed by atoms with Gasteiger partial charge in [0.05, 0.1) is 5.02 Å². The number of amides is 2. The van der Waals surface area contributed by atoms with Crippen LogP contribution in [0.25, 0.3) is 0 Å². The van der Waals surface area contributed by atoms with Gasteiger partial charge in [0.25, 0.3) is 5.91 Å². The van der Waals surface area contributed by atoms with Crippen molar-refractivity contribution in [3.05, 3.63) is 32.4 Å². The molecule has 2 amide bonds. The van der Waals surface area contributed by atoms with Crippen LogP contribution in [0.3, 0.4) is 0 Å². The van der Waals surface area contributed by atoms with Crippen LogP contribution in [0.2, 0.25) is 5.02 Å². The highest BCUT2D eigenvalue weighted by molar-refractivity contribution is 14.1. The lowest BCUT2D eigenvalue weighted by Crippen LogP contribution is -2.36. The van der Waals surface area contributed by atoms with Crippen molar-refractivity contribution < 1.29 is 9.59 Å². The Balaban J connectivity index is 2.39. The Labute approximate surface area is 131 Å². The molecule has 0 aromatic heterocycles. The molecule has 0 aliphatic rings. The van der Waals surface area contributed by atoms with Gasteiger partial charge in [0.15, 0.2) is 0 Å². The number of benzene rings is 1. The molecule has 0 unspecified atom stereocenters. The van der Waals surface area contributed by atoms with Gasteiger partial charge in [-0.1, -0.05) is 25.4 Å². The lowest BCUT2D eigenvalue weighted by molar-refractivity contribution is -0.123. The van der Waals surface area contributed by atoms with Crippen LogP contribution in [0.15, 0.2) is 18.2 Å². The molecule has 0 saturated heterocycles. The summed E-state index contributed by atoms with van der Waals surface area (Å²) in [4.78, 5) is 23.1. The average Bonchev–Trinajstić information content (AvgIpc) is 2.37. The molecule has 4 nitrogen and oxygen atoms in total. The van der Waals surface area contributed by atoms with Crippen molar-refractivity contribution >= 4 is 46.0 Å². The van der Waals surface area contributed by atoms with Crippen molar-refractivity contribution in [2.45, 2.75) is 13.8 Å². The average molecular weight is 395 g/mol. The third kappa shape index (κ3) is 5.36. The van der Waals surface area contributed by atoms with E-state index in [1.807, 2.05) is 13.8 Å². The highest BCUT2D eigenvalue weighted by Crippen LogP contribution is 2.19. The number of carbonyl (C=O) groups excluding carboxylic acids is 2. The number of hydrogen-bond acceptors (Lipinski definition) is 2. The lowest BCUT2D eigenvalue weighted by atomic mass is 10.2. The summed E-state index contributed by atoms with van der Waals surface area (Å²) in [7, 11) is 0. The molecule has 0 radical (unpaired) electrons. The Bertz CT molecular complexity index is 478. The van der Waals surface area contributed by atoms with E-state index in [0.717, 1.165) is 3.57 Å². The summed E-state index contributed by atoms with van der Waals surface area (Å²) in [5.74, 6) is -0.269. The van der Waals surface area contributed by atoms with E-state index < -0.39 is 0 Å². The molecule has 1 aromatic rings. The van der Waals surface area contributed by atoms with Crippen LogP contribution in [-0.2, 0) is 4.79 Å². The van der Waals surface area contributed by atoms with Crippen molar-refractivity contribution in [3.8, 4) is 0 Å². The van der Waals surface area contributed by atoms with E-state index in [-0.39, 0.29) is 17.7 Å². The normalized spacial score (nSPS) is 10.4. The molecule has 0 saturated carbocycles. The fourth-order valence-corrected chi connectivity index (χ4v) is 1.82. The van der Waals surface area contributed by atoms with E-state index in [2.05, 4.69) is 33.2 Å². The summed E-state index contributed by atoms with van der Waals surface area (Å²) in [5, 5.41) is 6.01. The first-order valence-electron chi connectivity index (χ1n) is 5.92. The van der Waals surface area contributed by atoms with E-state index in [9.17, 15) is 9.59 Å². The number of hydrogen-bond donors (Lipinski definition) is 2. The Kier molecular flexibility index (Phi) is 6.57. The number of rotatable bonds is 5. The number of nitrogens with one attached hydrogen (secondary N) is 2. The summed E-state index contributed by atoms with van der Waals surface area (Å²) in [6.45, 7) is 4.45. The van der Waals surface area contributed by atoms with Crippen LogP contribution >= 0.6 is 34.2 Å². The molecule has 0 fully saturated rings. The van der Waals surface area contributed by atoms with Crippen molar-refractivity contribution in [3.63, 3.8) is 0 Å². The number of halogens is 2. The standard InChI is InChI=1S/C13H16ClIN2O2/c1-8(2)12(18)16-5-6-17-13(19)9-3-4-11(15)10(14)7-9/h3-4,7-8H,5-6H2,1-2H3,(H,16,18)(H,17,19). The Morgan fingerprint density at radius 3 is 2.47 bits per heavy atom. The van der Waals surface area contributed by atoms with Crippen LogP contribution in [0.1, 0.15) is 24.2 Å². The van der Waals surface area contributed by atoms with Gasteiger partial charge < -0.3 is 10.6 Å². The van der Waals surface area contributed by atoms with Gasteiger partial charge in [-0.25, -0.2) is 0 Å². The summed E-state index contributed by atoms with van der Waals surface area (Å²) in [6.07, 6.45) is 0. The van der Waals surface area contributed by atoms with Crippen molar-refractivity contribution in [1.82, 2.24) is 10.6 Å². The van der Waals surface area contributed by atoms with Crippen LogP contribution < -0.4 is 10.6 Å².